The summed E-state index contributed by atoms with van der Waals surface area (Å²) in [4.78, 5) is 3.23. The Hall–Kier alpha value is -1.28. The first-order chi connectivity index (χ1) is 6.77. The molecule has 0 saturated heterocycles. The van der Waals surface area contributed by atoms with Gasteiger partial charge in [0.2, 0.25) is 0 Å². The molecule has 1 atom stereocenters. The summed E-state index contributed by atoms with van der Waals surface area (Å²) in [5, 5.41) is 10.5. The van der Waals surface area contributed by atoms with Crippen LogP contribution in [0, 0.1) is 0 Å². The van der Waals surface area contributed by atoms with Crippen LogP contribution in [0.2, 0.25) is 0 Å². The molecule has 74 valence electrons. The molecular formula is C12H15NO. The molecule has 2 nitrogen and oxygen atoms in total. The van der Waals surface area contributed by atoms with Gasteiger partial charge in [-0.1, -0.05) is 18.2 Å². The largest absolute Gasteiger partial charge is 0.393 e. The van der Waals surface area contributed by atoms with Gasteiger partial charge in [-0.25, -0.2) is 0 Å². The van der Waals surface area contributed by atoms with Gasteiger partial charge in [0.05, 0.1) is 6.10 Å². The second-order valence-corrected chi connectivity index (χ2v) is 3.75. The number of benzene rings is 1. The van der Waals surface area contributed by atoms with Gasteiger partial charge in [0.15, 0.2) is 0 Å². The molecule has 0 bridgehead atoms. The van der Waals surface area contributed by atoms with Crippen molar-refractivity contribution in [1.82, 2.24) is 4.98 Å². The molecule has 2 N–H and O–H groups in total. The van der Waals surface area contributed by atoms with Crippen molar-refractivity contribution in [2.45, 2.75) is 25.9 Å². The van der Waals surface area contributed by atoms with Crippen molar-refractivity contribution in [1.29, 1.82) is 0 Å². The summed E-state index contributed by atoms with van der Waals surface area (Å²) in [6, 6.07) is 8.25. The lowest BCUT2D eigenvalue weighted by Crippen LogP contribution is -2.00. The normalized spacial score (nSPS) is 13.3. The van der Waals surface area contributed by atoms with Gasteiger partial charge in [-0.15, -0.1) is 0 Å². The number of aromatic amines is 1. The predicted octanol–water partition coefficient (Wildman–Crippen LogP) is 2.48. The van der Waals surface area contributed by atoms with Crippen LogP contribution in [-0.4, -0.2) is 16.2 Å². The molecule has 0 radical (unpaired) electrons. The van der Waals surface area contributed by atoms with E-state index in [0.717, 1.165) is 12.8 Å². The van der Waals surface area contributed by atoms with Crippen molar-refractivity contribution >= 4 is 10.9 Å². The second kappa shape index (κ2) is 3.84. The minimum atomic E-state index is -0.219. The van der Waals surface area contributed by atoms with Gasteiger partial charge in [0.1, 0.15) is 0 Å². The summed E-state index contributed by atoms with van der Waals surface area (Å²) >= 11 is 0. The number of hydrogen-bond donors (Lipinski definition) is 2. The summed E-state index contributed by atoms with van der Waals surface area (Å²) in [6.45, 7) is 1.83. The lowest BCUT2D eigenvalue weighted by Gasteiger charge is -2.02. The summed E-state index contributed by atoms with van der Waals surface area (Å²) in [7, 11) is 0. The molecule has 2 heteroatoms. The lowest BCUT2D eigenvalue weighted by atomic mass is 10.1. The summed E-state index contributed by atoms with van der Waals surface area (Å²) in [5.41, 5.74) is 2.47. The van der Waals surface area contributed by atoms with Crippen LogP contribution in [0.1, 0.15) is 18.9 Å². The minimum absolute atomic E-state index is 0.219. The third kappa shape index (κ3) is 1.80. The number of hydrogen-bond acceptors (Lipinski definition) is 1. The second-order valence-electron chi connectivity index (χ2n) is 3.75. The minimum Gasteiger partial charge on any atom is -0.393 e. The first-order valence-corrected chi connectivity index (χ1v) is 5.00. The van der Waals surface area contributed by atoms with Gasteiger partial charge < -0.3 is 10.1 Å². The Morgan fingerprint density at radius 1 is 1.36 bits per heavy atom. The number of rotatable bonds is 3. The fourth-order valence-electron chi connectivity index (χ4n) is 1.70. The maximum Gasteiger partial charge on any atom is 0.0515 e. The number of nitrogens with one attached hydrogen (secondary N) is 1. The standard InChI is InChI=1S/C12H15NO/c1-9(14)6-7-10-8-13-12-5-3-2-4-11(10)12/h2-5,8-9,13-14H,6-7H2,1H3/t9-/m1/s1. The molecule has 0 fully saturated rings. The third-order valence-corrected chi connectivity index (χ3v) is 2.51. The van der Waals surface area contributed by atoms with Crippen LogP contribution < -0.4 is 0 Å². The van der Waals surface area contributed by atoms with E-state index in [2.05, 4.69) is 17.1 Å². The Balaban J connectivity index is 2.25. The smallest absolute Gasteiger partial charge is 0.0515 e. The van der Waals surface area contributed by atoms with Crippen LogP contribution in [0.5, 0.6) is 0 Å². The van der Waals surface area contributed by atoms with E-state index >= 15 is 0 Å². The average Bonchev–Trinajstić information content (AvgIpc) is 2.58. The van der Waals surface area contributed by atoms with E-state index < -0.39 is 0 Å². The molecule has 0 spiro atoms. The van der Waals surface area contributed by atoms with Crippen LogP contribution in [0.25, 0.3) is 10.9 Å². The summed E-state index contributed by atoms with van der Waals surface area (Å²) in [6.07, 6.45) is 3.57. The summed E-state index contributed by atoms with van der Waals surface area (Å²) in [5.74, 6) is 0. The molecule has 0 aliphatic carbocycles. The van der Waals surface area contributed by atoms with Crippen molar-refractivity contribution in [3.8, 4) is 0 Å². The van der Waals surface area contributed by atoms with Crippen LogP contribution in [-0.2, 0) is 6.42 Å². The van der Waals surface area contributed by atoms with E-state index in [9.17, 15) is 5.11 Å². The number of para-hydroxylation sites is 1. The zero-order chi connectivity index (χ0) is 9.97. The van der Waals surface area contributed by atoms with Crippen LogP contribution >= 0.6 is 0 Å². The molecule has 2 rings (SSSR count). The first kappa shape index (κ1) is 9.28. The Morgan fingerprint density at radius 3 is 2.93 bits per heavy atom. The zero-order valence-electron chi connectivity index (χ0n) is 8.33. The van der Waals surface area contributed by atoms with Crippen molar-refractivity contribution in [2.75, 3.05) is 0 Å². The number of aromatic nitrogens is 1. The van der Waals surface area contributed by atoms with Crippen molar-refractivity contribution in [2.24, 2.45) is 0 Å². The highest BCUT2D eigenvalue weighted by Gasteiger charge is 2.03. The van der Waals surface area contributed by atoms with E-state index in [1.165, 1.54) is 16.5 Å². The molecular weight excluding hydrogens is 174 g/mol. The highest BCUT2D eigenvalue weighted by atomic mass is 16.3. The van der Waals surface area contributed by atoms with E-state index in [4.69, 9.17) is 0 Å². The maximum atomic E-state index is 9.21. The van der Waals surface area contributed by atoms with Gasteiger partial charge in [0, 0.05) is 17.1 Å². The van der Waals surface area contributed by atoms with E-state index in [0.29, 0.717) is 0 Å². The van der Waals surface area contributed by atoms with Crippen LogP contribution in [0.15, 0.2) is 30.5 Å². The molecule has 2 aromatic rings. The highest BCUT2D eigenvalue weighted by Crippen LogP contribution is 2.19. The number of aliphatic hydroxyl groups excluding tert-OH is 1. The third-order valence-electron chi connectivity index (χ3n) is 2.51. The van der Waals surface area contributed by atoms with Gasteiger partial charge >= 0.3 is 0 Å². The van der Waals surface area contributed by atoms with Crippen molar-refractivity contribution in [3.63, 3.8) is 0 Å². The first-order valence-electron chi connectivity index (χ1n) is 5.00. The Morgan fingerprint density at radius 2 is 2.14 bits per heavy atom. The molecule has 1 heterocycles. The maximum absolute atomic E-state index is 9.21. The van der Waals surface area contributed by atoms with Crippen LogP contribution in [0.3, 0.4) is 0 Å². The van der Waals surface area contributed by atoms with Crippen molar-refractivity contribution in [3.05, 3.63) is 36.0 Å². The molecule has 1 aromatic heterocycles. The van der Waals surface area contributed by atoms with E-state index in [1.54, 1.807) is 0 Å². The lowest BCUT2D eigenvalue weighted by molar-refractivity contribution is 0.185. The quantitative estimate of drug-likeness (QED) is 0.764. The Bertz CT molecular complexity index is 417. The van der Waals surface area contributed by atoms with Crippen LogP contribution in [0.4, 0.5) is 0 Å². The predicted molar refractivity (Wildman–Crippen MR) is 58.3 cm³/mol. The monoisotopic (exact) mass is 189 g/mol. The fraction of sp³-hybridized carbons (Fsp3) is 0.333. The van der Waals surface area contributed by atoms with Gasteiger partial charge in [0.25, 0.3) is 0 Å². The topological polar surface area (TPSA) is 36.0 Å². The zero-order valence-corrected chi connectivity index (χ0v) is 8.33. The van der Waals surface area contributed by atoms with E-state index in [-0.39, 0.29) is 6.10 Å². The van der Waals surface area contributed by atoms with E-state index in [1.807, 2.05) is 25.3 Å². The SMILES string of the molecule is C[C@@H](O)CCc1c[nH]c2ccccc12. The number of fused-ring (bicyclic) bond motifs is 1. The molecule has 0 unspecified atom stereocenters. The molecule has 14 heavy (non-hydrogen) atoms. The molecule has 0 aliphatic rings. The molecule has 1 aromatic carbocycles. The Kier molecular flexibility index (Phi) is 2.55. The van der Waals surface area contributed by atoms with Gasteiger partial charge in [-0.05, 0) is 31.4 Å². The molecule has 0 saturated carbocycles. The highest BCUT2D eigenvalue weighted by molar-refractivity contribution is 5.82. The van der Waals surface area contributed by atoms with Gasteiger partial charge in [-0.2, -0.15) is 0 Å². The number of aliphatic hydroxyl groups is 1. The fourth-order valence-corrected chi connectivity index (χ4v) is 1.70. The summed E-state index contributed by atoms with van der Waals surface area (Å²) < 4.78 is 0. The van der Waals surface area contributed by atoms with Gasteiger partial charge in [-0.3, -0.25) is 0 Å². The molecule has 0 amide bonds. The average molecular weight is 189 g/mol. The number of H-pyrrole nitrogens is 1. The number of aryl methyl sites for hydroxylation is 1. The Labute approximate surface area is 83.6 Å². The molecule has 0 aliphatic heterocycles. The van der Waals surface area contributed by atoms with Crippen molar-refractivity contribution < 1.29 is 5.11 Å².